The van der Waals surface area contributed by atoms with E-state index in [1.807, 2.05) is 12.1 Å². The molecule has 2 aliphatic heterocycles. The molecule has 1 atom stereocenters. The van der Waals surface area contributed by atoms with E-state index >= 15 is 0 Å². The number of anilines is 1. The number of aromatic carboxylic acids is 1. The van der Waals surface area contributed by atoms with Crippen LogP contribution in [0.15, 0.2) is 30.5 Å². The second-order valence-electron chi connectivity index (χ2n) is 6.50. The largest absolute Gasteiger partial charge is 0.478 e. The van der Waals surface area contributed by atoms with E-state index in [1.54, 1.807) is 18.3 Å². The fourth-order valence-electron chi connectivity index (χ4n) is 3.98. The van der Waals surface area contributed by atoms with Gasteiger partial charge in [0.05, 0.1) is 22.4 Å². The molecule has 0 saturated carbocycles. The molecule has 1 spiro atoms. The molecule has 0 aliphatic carbocycles. The standard InChI is InChI=1S/C18H20N2O3/c21-17(22)14-5-6-15(16-13(14)4-1-9-19-16)20-10-2-7-18(12-20)8-3-11-23-18/h1,4-6,9H,2-3,7-8,10-12H2,(H,21,22). The molecule has 5 nitrogen and oxygen atoms in total. The highest BCUT2D eigenvalue weighted by Crippen LogP contribution is 2.38. The summed E-state index contributed by atoms with van der Waals surface area (Å²) in [6.07, 6.45) is 6.17. The minimum atomic E-state index is -0.913. The SMILES string of the molecule is O=C(O)c1ccc(N2CCCC3(CCCO3)C2)c2ncccc12. The molecule has 1 aromatic heterocycles. The summed E-state index contributed by atoms with van der Waals surface area (Å²) >= 11 is 0. The maximum absolute atomic E-state index is 11.4. The van der Waals surface area contributed by atoms with E-state index in [-0.39, 0.29) is 5.60 Å². The number of fused-ring (bicyclic) bond motifs is 1. The van der Waals surface area contributed by atoms with Crippen molar-refractivity contribution in [3.05, 3.63) is 36.0 Å². The van der Waals surface area contributed by atoms with E-state index < -0.39 is 5.97 Å². The van der Waals surface area contributed by atoms with E-state index in [4.69, 9.17) is 4.74 Å². The molecular weight excluding hydrogens is 292 g/mol. The minimum Gasteiger partial charge on any atom is -0.478 e. The molecule has 0 bridgehead atoms. The van der Waals surface area contributed by atoms with Gasteiger partial charge < -0.3 is 14.7 Å². The summed E-state index contributed by atoms with van der Waals surface area (Å²) in [7, 11) is 0. The van der Waals surface area contributed by atoms with Crippen LogP contribution in [0, 0.1) is 0 Å². The van der Waals surface area contributed by atoms with Gasteiger partial charge in [0.1, 0.15) is 0 Å². The predicted molar refractivity (Wildman–Crippen MR) is 88.1 cm³/mol. The Hall–Kier alpha value is -2.14. The van der Waals surface area contributed by atoms with Gasteiger partial charge in [0, 0.05) is 31.3 Å². The van der Waals surface area contributed by atoms with Gasteiger partial charge in [-0.1, -0.05) is 6.07 Å². The number of benzene rings is 1. The lowest BCUT2D eigenvalue weighted by molar-refractivity contribution is -0.00615. The molecule has 2 fully saturated rings. The quantitative estimate of drug-likeness (QED) is 0.923. The van der Waals surface area contributed by atoms with Crippen LogP contribution in [0.2, 0.25) is 0 Å². The molecule has 0 amide bonds. The first-order chi connectivity index (χ1) is 11.2. The normalized spacial score (nSPS) is 24.4. The number of ether oxygens (including phenoxy) is 1. The van der Waals surface area contributed by atoms with Gasteiger partial charge in [0.2, 0.25) is 0 Å². The second kappa shape index (κ2) is 5.49. The molecular formula is C18H20N2O3. The fraction of sp³-hybridized carbons (Fsp3) is 0.444. The smallest absolute Gasteiger partial charge is 0.336 e. The van der Waals surface area contributed by atoms with Crippen molar-refractivity contribution >= 4 is 22.6 Å². The van der Waals surface area contributed by atoms with E-state index in [0.717, 1.165) is 56.6 Å². The van der Waals surface area contributed by atoms with Crippen molar-refractivity contribution in [1.29, 1.82) is 0 Å². The number of carboxylic acids is 1. The van der Waals surface area contributed by atoms with Gasteiger partial charge in [-0.3, -0.25) is 4.98 Å². The highest BCUT2D eigenvalue weighted by atomic mass is 16.5. The van der Waals surface area contributed by atoms with Crippen molar-refractivity contribution in [2.75, 3.05) is 24.6 Å². The van der Waals surface area contributed by atoms with Crippen molar-refractivity contribution in [2.45, 2.75) is 31.3 Å². The van der Waals surface area contributed by atoms with Gasteiger partial charge in [-0.2, -0.15) is 0 Å². The van der Waals surface area contributed by atoms with E-state index in [2.05, 4.69) is 9.88 Å². The molecule has 120 valence electrons. The Morgan fingerprint density at radius 3 is 2.91 bits per heavy atom. The summed E-state index contributed by atoms with van der Waals surface area (Å²) in [5.41, 5.74) is 2.06. The van der Waals surface area contributed by atoms with Crippen molar-refractivity contribution < 1.29 is 14.6 Å². The third kappa shape index (κ3) is 2.45. The molecule has 4 rings (SSSR count). The molecule has 0 radical (unpaired) electrons. The lowest BCUT2D eigenvalue weighted by Crippen LogP contribution is -2.48. The van der Waals surface area contributed by atoms with Gasteiger partial charge in [-0.15, -0.1) is 0 Å². The average molecular weight is 312 g/mol. The van der Waals surface area contributed by atoms with Crippen LogP contribution in [0.5, 0.6) is 0 Å². The van der Waals surface area contributed by atoms with Crippen molar-refractivity contribution in [3.63, 3.8) is 0 Å². The zero-order chi connectivity index (χ0) is 15.9. The lowest BCUT2D eigenvalue weighted by Gasteiger charge is -2.41. The average Bonchev–Trinajstić information content (AvgIpc) is 3.01. The monoisotopic (exact) mass is 312 g/mol. The first-order valence-electron chi connectivity index (χ1n) is 8.19. The van der Waals surface area contributed by atoms with Crippen LogP contribution < -0.4 is 4.90 Å². The maximum Gasteiger partial charge on any atom is 0.336 e. The summed E-state index contributed by atoms with van der Waals surface area (Å²) in [4.78, 5) is 18.2. The molecule has 3 heterocycles. The van der Waals surface area contributed by atoms with Gasteiger partial charge in [0.15, 0.2) is 0 Å². The molecule has 1 unspecified atom stereocenters. The summed E-state index contributed by atoms with van der Waals surface area (Å²) in [6.45, 7) is 2.68. The number of rotatable bonds is 2. The third-order valence-electron chi connectivity index (χ3n) is 5.04. The van der Waals surface area contributed by atoms with E-state index in [1.165, 1.54) is 0 Å². The number of nitrogens with zero attached hydrogens (tertiary/aromatic N) is 2. The number of hydrogen-bond acceptors (Lipinski definition) is 4. The molecule has 2 saturated heterocycles. The topological polar surface area (TPSA) is 62.7 Å². The Bertz CT molecular complexity index is 753. The number of carboxylic acid groups (broad SMARTS) is 1. The predicted octanol–water partition coefficient (Wildman–Crippen LogP) is 3.08. The van der Waals surface area contributed by atoms with Crippen molar-refractivity contribution in [1.82, 2.24) is 4.98 Å². The molecule has 1 aromatic carbocycles. The third-order valence-corrected chi connectivity index (χ3v) is 5.04. The number of hydrogen-bond donors (Lipinski definition) is 1. The van der Waals surface area contributed by atoms with Crippen LogP contribution in [0.3, 0.4) is 0 Å². The lowest BCUT2D eigenvalue weighted by atomic mass is 9.89. The van der Waals surface area contributed by atoms with E-state index in [0.29, 0.717) is 10.9 Å². The highest BCUT2D eigenvalue weighted by Gasteiger charge is 2.39. The summed E-state index contributed by atoms with van der Waals surface area (Å²) in [5.74, 6) is -0.913. The zero-order valence-corrected chi connectivity index (χ0v) is 13.0. The van der Waals surface area contributed by atoms with Crippen molar-refractivity contribution in [2.24, 2.45) is 0 Å². The Balaban J connectivity index is 1.77. The van der Waals surface area contributed by atoms with Crippen LogP contribution in [0.1, 0.15) is 36.0 Å². The Labute approximate surface area is 134 Å². The number of aromatic nitrogens is 1. The van der Waals surface area contributed by atoms with Crippen molar-refractivity contribution in [3.8, 4) is 0 Å². The summed E-state index contributed by atoms with van der Waals surface area (Å²) in [5, 5.41) is 10.1. The first kappa shape index (κ1) is 14.5. The second-order valence-corrected chi connectivity index (χ2v) is 6.50. The maximum atomic E-state index is 11.4. The van der Waals surface area contributed by atoms with Crippen LogP contribution in [0.25, 0.3) is 10.9 Å². The van der Waals surface area contributed by atoms with Gasteiger partial charge >= 0.3 is 5.97 Å². The van der Waals surface area contributed by atoms with Crippen LogP contribution >= 0.6 is 0 Å². The molecule has 5 heteroatoms. The van der Waals surface area contributed by atoms with Crippen LogP contribution in [-0.2, 0) is 4.74 Å². The van der Waals surface area contributed by atoms with Gasteiger partial charge in [-0.25, -0.2) is 4.79 Å². The van der Waals surface area contributed by atoms with E-state index in [9.17, 15) is 9.90 Å². The van der Waals surface area contributed by atoms with Gasteiger partial charge in [0.25, 0.3) is 0 Å². The first-order valence-corrected chi connectivity index (χ1v) is 8.19. The molecule has 2 aromatic rings. The molecule has 1 N–H and O–H groups in total. The van der Waals surface area contributed by atoms with Crippen LogP contribution in [-0.4, -0.2) is 41.4 Å². The molecule has 2 aliphatic rings. The van der Waals surface area contributed by atoms with Gasteiger partial charge in [-0.05, 0) is 43.9 Å². The zero-order valence-electron chi connectivity index (χ0n) is 13.0. The highest BCUT2D eigenvalue weighted by molar-refractivity contribution is 6.06. The summed E-state index contributed by atoms with van der Waals surface area (Å²) < 4.78 is 6.05. The van der Waals surface area contributed by atoms with Crippen LogP contribution in [0.4, 0.5) is 5.69 Å². The molecule has 23 heavy (non-hydrogen) atoms. The Morgan fingerprint density at radius 2 is 2.13 bits per heavy atom. The number of carbonyl (C=O) groups is 1. The fourth-order valence-corrected chi connectivity index (χ4v) is 3.98. The number of pyridine rings is 1. The Morgan fingerprint density at radius 1 is 1.26 bits per heavy atom. The number of piperidine rings is 1. The Kier molecular flexibility index (Phi) is 3.45. The minimum absolute atomic E-state index is 0.0230. The summed E-state index contributed by atoms with van der Waals surface area (Å²) in [6, 6.07) is 7.21.